The SMILES string of the molecule is NC1c2ccccc2CCCC1Sc1ncccn1. The van der Waals surface area contributed by atoms with Gasteiger partial charge in [-0.15, -0.1) is 0 Å². The van der Waals surface area contributed by atoms with Crippen LogP contribution in [0.4, 0.5) is 0 Å². The predicted molar refractivity (Wildman–Crippen MR) is 78.0 cm³/mol. The molecule has 1 aliphatic carbocycles. The van der Waals surface area contributed by atoms with Gasteiger partial charge < -0.3 is 5.73 Å². The van der Waals surface area contributed by atoms with Crippen LogP contribution in [0.1, 0.15) is 30.0 Å². The topological polar surface area (TPSA) is 51.8 Å². The quantitative estimate of drug-likeness (QED) is 0.674. The molecule has 0 spiro atoms. The van der Waals surface area contributed by atoms with Gasteiger partial charge in [0.15, 0.2) is 5.16 Å². The number of rotatable bonds is 2. The molecule has 2 unspecified atom stereocenters. The van der Waals surface area contributed by atoms with Gasteiger partial charge in [0.1, 0.15) is 0 Å². The summed E-state index contributed by atoms with van der Waals surface area (Å²) in [7, 11) is 0. The lowest BCUT2D eigenvalue weighted by Crippen LogP contribution is -2.23. The second kappa shape index (κ2) is 5.72. The summed E-state index contributed by atoms with van der Waals surface area (Å²) in [5.41, 5.74) is 9.14. The second-order valence-electron chi connectivity index (χ2n) is 4.80. The largest absolute Gasteiger partial charge is 0.323 e. The summed E-state index contributed by atoms with van der Waals surface area (Å²) in [5, 5.41) is 1.17. The molecular weight excluding hydrogens is 254 g/mol. The van der Waals surface area contributed by atoms with E-state index >= 15 is 0 Å². The molecule has 2 aromatic rings. The molecule has 1 heterocycles. The minimum atomic E-state index is 0.0625. The number of aromatic nitrogens is 2. The van der Waals surface area contributed by atoms with Crippen LogP contribution in [-0.4, -0.2) is 15.2 Å². The summed E-state index contributed by atoms with van der Waals surface area (Å²) in [6.07, 6.45) is 6.97. The Balaban J connectivity index is 1.84. The van der Waals surface area contributed by atoms with Gasteiger partial charge >= 0.3 is 0 Å². The van der Waals surface area contributed by atoms with Gasteiger partial charge in [-0.1, -0.05) is 36.0 Å². The third-order valence-corrected chi connectivity index (χ3v) is 4.80. The molecule has 3 rings (SSSR count). The molecule has 1 aromatic carbocycles. The van der Waals surface area contributed by atoms with E-state index in [0.29, 0.717) is 5.25 Å². The normalized spacial score (nSPS) is 22.6. The predicted octanol–water partition coefficient (Wildman–Crippen LogP) is 2.97. The molecule has 3 nitrogen and oxygen atoms in total. The molecule has 4 heteroatoms. The molecule has 0 saturated carbocycles. The minimum absolute atomic E-state index is 0.0625. The number of nitrogens with two attached hydrogens (primary N) is 1. The number of nitrogens with zero attached hydrogens (tertiary/aromatic N) is 2. The van der Waals surface area contributed by atoms with Crippen molar-refractivity contribution in [3.8, 4) is 0 Å². The molecule has 0 radical (unpaired) electrons. The fourth-order valence-electron chi connectivity index (χ4n) is 2.57. The van der Waals surface area contributed by atoms with Gasteiger partial charge in [0, 0.05) is 23.7 Å². The van der Waals surface area contributed by atoms with E-state index in [0.717, 1.165) is 18.0 Å². The highest BCUT2D eigenvalue weighted by molar-refractivity contribution is 7.99. The highest BCUT2D eigenvalue weighted by Crippen LogP contribution is 2.36. The monoisotopic (exact) mass is 271 g/mol. The molecule has 0 saturated heterocycles. The minimum Gasteiger partial charge on any atom is -0.323 e. The van der Waals surface area contributed by atoms with E-state index in [1.807, 2.05) is 6.07 Å². The molecule has 0 bridgehead atoms. The van der Waals surface area contributed by atoms with Crippen LogP contribution in [0.15, 0.2) is 47.9 Å². The van der Waals surface area contributed by atoms with Crippen LogP contribution in [0.5, 0.6) is 0 Å². The maximum atomic E-state index is 6.46. The zero-order valence-electron chi connectivity index (χ0n) is 10.7. The van der Waals surface area contributed by atoms with Gasteiger partial charge in [-0.3, -0.25) is 0 Å². The molecule has 98 valence electrons. The number of hydrogen-bond donors (Lipinski definition) is 1. The second-order valence-corrected chi connectivity index (χ2v) is 6.01. The standard InChI is InChI=1S/C15H17N3S/c16-14-12-7-2-1-5-11(12)6-3-8-13(14)19-15-17-9-4-10-18-15/h1-2,4-5,7,9-10,13-14H,3,6,8,16H2. The van der Waals surface area contributed by atoms with Crippen LogP contribution in [0.25, 0.3) is 0 Å². The van der Waals surface area contributed by atoms with E-state index in [9.17, 15) is 0 Å². The zero-order chi connectivity index (χ0) is 13.1. The molecule has 0 fully saturated rings. The lowest BCUT2D eigenvalue weighted by atomic mass is 10.00. The Morgan fingerprint density at radius 2 is 1.89 bits per heavy atom. The average molecular weight is 271 g/mol. The Bertz CT molecular complexity index is 544. The lowest BCUT2D eigenvalue weighted by molar-refractivity contribution is 0.630. The van der Waals surface area contributed by atoms with Crippen LogP contribution in [0, 0.1) is 0 Å². The third kappa shape index (κ3) is 2.80. The summed E-state index contributed by atoms with van der Waals surface area (Å²) in [6, 6.07) is 10.4. The van der Waals surface area contributed by atoms with Gasteiger partial charge in [-0.25, -0.2) is 9.97 Å². The van der Waals surface area contributed by atoms with Gasteiger partial charge in [0.2, 0.25) is 0 Å². The third-order valence-electron chi connectivity index (χ3n) is 3.55. The Kier molecular flexibility index (Phi) is 3.80. The van der Waals surface area contributed by atoms with Crippen molar-refractivity contribution in [2.24, 2.45) is 5.73 Å². The number of hydrogen-bond acceptors (Lipinski definition) is 4. The molecule has 1 aliphatic rings. The first-order chi connectivity index (χ1) is 9.34. The van der Waals surface area contributed by atoms with Gasteiger partial charge in [-0.05, 0) is 36.5 Å². The summed E-state index contributed by atoms with van der Waals surface area (Å²) in [6.45, 7) is 0. The molecule has 0 aliphatic heterocycles. The Morgan fingerprint density at radius 3 is 2.74 bits per heavy atom. The highest BCUT2D eigenvalue weighted by atomic mass is 32.2. The number of benzene rings is 1. The van der Waals surface area contributed by atoms with Crippen LogP contribution in [0.2, 0.25) is 0 Å². The molecule has 0 amide bonds. The molecule has 2 N–H and O–H groups in total. The summed E-state index contributed by atoms with van der Waals surface area (Å²) in [4.78, 5) is 8.58. The maximum Gasteiger partial charge on any atom is 0.187 e. The van der Waals surface area contributed by atoms with Gasteiger partial charge in [0.25, 0.3) is 0 Å². The first-order valence-electron chi connectivity index (χ1n) is 6.61. The number of fused-ring (bicyclic) bond motifs is 1. The Morgan fingerprint density at radius 1 is 1.11 bits per heavy atom. The average Bonchev–Trinajstić information content (AvgIpc) is 2.61. The number of thioether (sulfide) groups is 1. The summed E-state index contributed by atoms with van der Waals surface area (Å²) < 4.78 is 0. The first kappa shape index (κ1) is 12.6. The fraction of sp³-hybridized carbons (Fsp3) is 0.333. The van der Waals surface area contributed by atoms with Crippen molar-refractivity contribution >= 4 is 11.8 Å². The zero-order valence-corrected chi connectivity index (χ0v) is 11.5. The molecule has 1 aromatic heterocycles. The lowest BCUT2D eigenvalue weighted by Gasteiger charge is -2.21. The first-order valence-corrected chi connectivity index (χ1v) is 7.49. The molecule has 2 atom stereocenters. The Labute approximate surface area is 117 Å². The van der Waals surface area contributed by atoms with E-state index in [1.165, 1.54) is 17.5 Å². The van der Waals surface area contributed by atoms with Crippen molar-refractivity contribution in [3.05, 3.63) is 53.9 Å². The summed E-state index contributed by atoms with van der Waals surface area (Å²) in [5.74, 6) is 0. The van der Waals surface area contributed by atoms with Gasteiger partial charge in [0.05, 0.1) is 0 Å². The van der Waals surface area contributed by atoms with E-state index < -0.39 is 0 Å². The van der Waals surface area contributed by atoms with Crippen molar-refractivity contribution in [2.75, 3.05) is 0 Å². The van der Waals surface area contributed by atoms with E-state index in [1.54, 1.807) is 24.2 Å². The van der Waals surface area contributed by atoms with Crippen molar-refractivity contribution in [2.45, 2.75) is 35.7 Å². The van der Waals surface area contributed by atoms with Crippen LogP contribution in [0.3, 0.4) is 0 Å². The van der Waals surface area contributed by atoms with E-state index in [-0.39, 0.29) is 6.04 Å². The fourth-order valence-corrected chi connectivity index (χ4v) is 3.67. The van der Waals surface area contributed by atoms with E-state index in [4.69, 9.17) is 5.73 Å². The van der Waals surface area contributed by atoms with Crippen molar-refractivity contribution < 1.29 is 0 Å². The van der Waals surface area contributed by atoms with Crippen molar-refractivity contribution in [3.63, 3.8) is 0 Å². The van der Waals surface area contributed by atoms with Crippen LogP contribution in [-0.2, 0) is 6.42 Å². The highest BCUT2D eigenvalue weighted by Gasteiger charge is 2.26. The smallest absolute Gasteiger partial charge is 0.187 e. The Hall–Kier alpha value is -1.39. The summed E-state index contributed by atoms with van der Waals surface area (Å²) >= 11 is 1.70. The molecular formula is C15H17N3S. The number of aryl methyl sites for hydroxylation is 1. The van der Waals surface area contributed by atoms with Gasteiger partial charge in [-0.2, -0.15) is 0 Å². The molecule has 19 heavy (non-hydrogen) atoms. The van der Waals surface area contributed by atoms with Crippen molar-refractivity contribution in [1.82, 2.24) is 9.97 Å². The maximum absolute atomic E-state index is 6.46. The van der Waals surface area contributed by atoms with Crippen LogP contribution >= 0.6 is 11.8 Å². The van der Waals surface area contributed by atoms with Crippen molar-refractivity contribution in [1.29, 1.82) is 0 Å². The van der Waals surface area contributed by atoms with Crippen LogP contribution < -0.4 is 5.73 Å². The van der Waals surface area contributed by atoms with E-state index in [2.05, 4.69) is 34.2 Å².